The Labute approximate surface area is 123 Å². The third-order valence-electron chi connectivity index (χ3n) is 3.11. The fourth-order valence-electron chi connectivity index (χ4n) is 1.91. The van der Waals surface area contributed by atoms with Crippen LogP contribution in [0.25, 0.3) is 0 Å². The van der Waals surface area contributed by atoms with E-state index in [1.165, 1.54) is 18.2 Å². The van der Waals surface area contributed by atoms with Crippen molar-refractivity contribution >= 4 is 0 Å². The SMILES string of the molecule is Cc1ccc(F)cc1Oc1c(F)cccc1CNC(C)C. The number of rotatable bonds is 5. The molecule has 0 unspecified atom stereocenters. The van der Waals surface area contributed by atoms with E-state index in [1.54, 1.807) is 25.1 Å². The first kappa shape index (κ1) is 15.4. The molecule has 2 nitrogen and oxygen atoms in total. The van der Waals surface area contributed by atoms with Crippen LogP contribution in [0.3, 0.4) is 0 Å². The molecule has 0 aliphatic carbocycles. The van der Waals surface area contributed by atoms with Crippen LogP contribution in [0.4, 0.5) is 8.78 Å². The molecule has 21 heavy (non-hydrogen) atoms. The van der Waals surface area contributed by atoms with Crippen LogP contribution >= 0.6 is 0 Å². The Bertz CT molecular complexity index is 626. The summed E-state index contributed by atoms with van der Waals surface area (Å²) >= 11 is 0. The molecule has 0 heterocycles. The van der Waals surface area contributed by atoms with Crippen molar-refractivity contribution in [3.8, 4) is 11.5 Å². The second-order valence-corrected chi connectivity index (χ2v) is 5.28. The number of hydrogen-bond donors (Lipinski definition) is 1. The maximum absolute atomic E-state index is 14.0. The molecule has 2 aromatic carbocycles. The first-order valence-corrected chi connectivity index (χ1v) is 6.92. The van der Waals surface area contributed by atoms with Crippen LogP contribution in [0.5, 0.6) is 11.5 Å². The minimum Gasteiger partial charge on any atom is -0.454 e. The monoisotopic (exact) mass is 291 g/mol. The Morgan fingerprint density at radius 2 is 1.90 bits per heavy atom. The summed E-state index contributed by atoms with van der Waals surface area (Å²) in [5.41, 5.74) is 1.45. The molecule has 0 spiro atoms. The van der Waals surface area contributed by atoms with Gasteiger partial charge in [0, 0.05) is 24.2 Å². The minimum absolute atomic E-state index is 0.138. The molecule has 0 aliphatic heterocycles. The highest BCUT2D eigenvalue weighted by molar-refractivity contribution is 5.42. The van der Waals surface area contributed by atoms with Crippen molar-refractivity contribution in [1.82, 2.24) is 5.32 Å². The standard InChI is InChI=1S/C17H19F2NO/c1-11(2)20-10-13-5-4-6-15(19)17(13)21-16-9-14(18)8-7-12(16)3/h4-9,11,20H,10H2,1-3H3. The highest BCUT2D eigenvalue weighted by atomic mass is 19.1. The third kappa shape index (κ3) is 4.02. The van der Waals surface area contributed by atoms with Crippen LogP contribution in [0, 0.1) is 18.6 Å². The summed E-state index contributed by atoms with van der Waals surface area (Å²) in [5, 5.41) is 3.22. The van der Waals surface area contributed by atoms with Crippen molar-refractivity contribution < 1.29 is 13.5 Å². The second-order valence-electron chi connectivity index (χ2n) is 5.28. The first-order chi connectivity index (χ1) is 9.97. The fraction of sp³-hybridized carbons (Fsp3) is 0.294. The van der Waals surface area contributed by atoms with Gasteiger partial charge in [-0.3, -0.25) is 0 Å². The summed E-state index contributed by atoms with van der Waals surface area (Å²) in [6.07, 6.45) is 0. The molecule has 112 valence electrons. The van der Waals surface area contributed by atoms with E-state index in [0.717, 1.165) is 5.56 Å². The summed E-state index contributed by atoms with van der Waals surface area (Å²) in [6.45, 7) is 6.30. The predicted octanol–water partition coefficient (Wildman–Crippen LogP) is 4.56. The van der Waals surface area contributed by atoms with E-state index in [4.69, 9.17) is 4.74 Å². The summed E-state index contributed by atoms with van der Waals surface area (Å²) in [5.74, 6) is -0.402. The van der Waals surface area contributed by atoms with Gasteiger partial charge in [-0.15, -0.1) is 0 Å². The minimum atomic E-state index is -0.457. The lowest BCUT2D eigenvalue weighted by Crippen LogP contribution is -2.22. The molecule has 0 aromatic heterocycles. The Morgan fingerprint density at radius 1 is 1.14 bits per heavy atom. The zero-order chi connectivity index (χ0) is 15.4. The maximum Gasteiger partial charge on any atom is 0.167 e. The van der Waals surface area contributed by atoms with Gasteiger partial charge in [-0.2, -0.15) is 0 Å². The smallest absolute Gasteiger partial charge is 0.167 e. The van der Waals surface area contributed by atoms with E-state index in [-0.39, 0.29) is 11.8 Å². The van der Waals surface area contributed by atoms with Crippen molar-refractivity contribution in [1.29, 1.82) is 0 Å². The Morgan fingerprint density at radius 3 is 2.62 bits per heavy atom. The van der Waals surface area contributed by atoms with E-state index < -0.39 is 11.6 Å². The first-order valence-electron chi connectivity index (χ1n) is 6.92. The Balaban J connectivity index is 2.32. The van der Waals surface area contributed by atoms with Crippen LogP contribution in [0.15, 0.2) is 36.4 Å². The molecule has 4 heteroatoms. The van der Waals surface area contributed by atoms with Gasteiger partial charge in [-0.1, -0.05) is 32.0 Å². The van der Waals surface area contributed by atoms with Gasteiger partial charge in [0.2, 0.25) is 0 Å². The molecular weight excluding hydrogens is 272 g/mol. The molecule has 0 fully saturated rings. The van der Waals surface area contributed by atoms with Crippen molar-refractivity contribution in [2.24, 2.45) is 0 Å². The van der Waals surface area contributed by atoms with Gasteiger partial charge in [0.1, 0.15) is 11.6 Å². The third-order valence-corrected chi connectivity index (χ3v) is 3.11. The highest BCUT2D eigenvalue weighted by Gasteiger charge is 2.13. The number of nitrogens with one attached hydrogen (secondary N) is 1. The average Bonchev–Trinajstić information content (AvgIpc) is 2.43. The Hall–Kier alpha value is -1.94. The van der Waals surface area contributed by atoms with Crippen molar-refractivity contribution in [2.45, 2.75) is 33.4 Å². The molecule has 0 saturated heterocycles. The van der Waals surface area contributed by atoms with Gasteiger partial charge in [-0.25, -0.2) is 8.78 Å². The lowest BCUT2D eigenvalue weighted by molar-refractivity contribution is 0.426. The van der Waals surface area contributed by atoms with E-state index in [0.29, 0.717) is 17.9 Å². The number of halogens is 2. The number of benzene rings is 2. The van der Waals surface area contributed by atoms with Crippen LogP contribution in [-0.2, 0) is 6.54 Å². The lowest BCUT2D eigenvalue weighted by atomic mass is 10.1. The fourth-order valence-corrected chi connectivity index (χ4v) is 1.91. The molecule has 0 aliphatic rings. The predicted molar refractivity (Wildman–Crippen MR) is 79.6 cm³/mol. The van der Waals surface area contributed by atoms with Gasteiger partial charge in [0.15, 0.2) is 11.6 Å². The van der Waals surface area contributed by atoms with Gasteiger partial charge in [0.05, 0.1) is 0 Å². The van der Waals surface area contributed by atoms with Crippen molar-refractivity contribution in [3.05, 3.63) is 59.2 Å². The van der Waals surface area contributed by atoms with Gasteiger partial charge in [0.25, 0.3) is 0 Å². The molecule has 0 atom stereocenters. The molecule has 0 saturated carbocycles. The maximum atomic E-state index is 14.0. The quantitative estimate of drug-likeness (QED) is 0.871. The lowest BCUT2D eigenvalue weighted by Gasteiger charge is -2.15. The Kier molecular flexibility index (Phi) is 4.91. The largest absolute Gasteiger partial charge is 0.454 e. The second kappa shape index (κ2) is 6.68. The number of ether oxygens (including phenoxy) is 1. The molecule has 0 amide bonds. The zero-order valence-electron chi connectivity index (χ0n) is 12.4. The van der Waals surface area contributed by atoms with Gasteiger partial charge >= 0.3 is 0 Å². The van der Waals surface area contributed by atoms with E-state index in [1.807, 2.05) is 13.8 Å². The van der Waals surface area contributed by atoms with Crippen LogP contribution in [0.1, 0.15) is 25.0 Å². The van der Waals surface area contributed by atoms with Gasteiger partial charge < -0.3 is 10.1 Å². The van der Waals surface area contributed by atoms with Gasteiger partial charge in [-0.05, 0) is 24.6 Å². The van der Waals surface area contributed by atoms with E-state index in [9.17, 15) is 8.78 Å². The topological polar surface area (TPSA) is 21.3 Å². The normalized spacial score (nSPS) is 11.0. The zero-order valence-corrected chi connectivity index (χ0v) is 12.4. The molecule has 1 N–H and O–H groups in total. The molecular formula is C17H19F2NO. The number of hydrogen-bond acceptors (Lipinski definition) is 2. The molecule has 2 aromatic rings. The molecule has 0 bridgehead atoms. The van der Waals surface area contributed by atoms with E-state index >= 15 is 0 Å². The van der Waals surface area contributed by atoms with Crippen molar-refractivity contribution in [2.75, 3.05) is 0 Å². The summed E-state index contributed by atoms with van der Waals surface area (Å²) in [4.78, 5) is 0. The summed E-state index contributed by atoms with van der Waals surface area (Å²) in [7, 11) is 0. The van der Waals surface area contributed by atoms with Crippen LogP contribution in [0.2, 0.25) is 0 Å². The summed E-state index contributed by atoms with van der Waals surface area (Å²) in [6, 6.07) is 9.27. The number of para-hydroxylation sites is 1. The molecule has 2 rings (SSSR count). The van der Waals surface area contributed by atoms with Crippen LogP contribution in [-0.4, -0.2) is 6.04 Å². The van der Waals surface area contributed by atoms with E-state index in [2.05, 4.69) is 5.32 Å². The average molecular weight is 291 g/mol. The van der Waals surface area contributed by atoms with Crippen molar-refractivity contribution in [3.63, 3.8) is 0 Å². The molecule has 0 radical (unpaired) electrons. The number of aryl methyl sites for hydroxylation is 1. The van der Waals surface area contributed by atoms with Crippen LogP contribution < -0.4 is 10.1 Å². The summed E-state index contributed by atoms with van der Waals surface area (Å²) < 4.78 is 33.0. The highest BCUT2D eigenvalue weighted by Crippen LogP contribution is 2.31.